The van der Waals surface area contributed by atoms with Gasteiger partial charge in [0.25, 0.3) is 15.9 Å². The molecule has 154 valence electrons. The number of sulfonamides is 1. The summed E-state index contributed by atoms with van der Waals surface area (Å²) >= 11 is 0. The lowest BCUT2D eigenvalue weighted by Crippen LogP contribution is -2.35. The molecule has 0 atom stereocenters. The van der Waals surface area contributed by atoms with Crippen molar-refractivity contribution < 1.29 is 22.4 Å². The Morgan fingerprint density at radius 1 is 1.21 bits per heavy atom. The summed E-state index contributed by atoms with van der Waals surface area (Å²) in [5.74, 6) is -1.03. The zero-order valence-electron chi connectivity index (χ0n) is 16.0. The van der Waals surface area contributed by atoms with Crippen LogP contribution in [0, 0.1) is 5.82 Å². The molecule has 0 saturated carbocycles. The molecular formula is C20H22FN3O4S. The van der Waals surface area contributed by atoms with E-state index in [2.05, 4.69) is 5.32 Å². The fraction of sp³-hybridized carbons (Fsp3) is 0.300. The van der Waals surface area contributed by atoms with Crippen LogP contribution in [0.2, 0.25) is 0 Å². The first-order valence-corrected chi connectivity index (χ1v) is 10.6. The third-order valence-electron chi connectivity index (χ3n) is 4.78. The van der Waals surface area contributed by atoms with Gasteiger partial charge in [0.05, 0.1) is 10.6 Å². The largest absolute Gasteiger partial charge is 0.350 e. The number of rotatable bonds is 7. The molecule has 1 heterocycles. The van der Waals surface area contributed by atoms with Crippen molar-refractivity contribution in [3.05, 3.63) is 59.9 Å². The predicted molar refractivity (Wildman–Crippen MR) is 107 cm³/mol. The smallest absolute Gasteiger partial charge is 0.264 e. The van der Waals surface area contributed by atoms with Gasteiger partial charge in [-0.15, -0.1) is 0 Å². The van der Waals surface area contributed by atoms with Crippen molar-refractivity contribution in [1.29, 1.82) is 0 Å². The van der Waals surface area contributed by atoms with E-state index in [9.17, 15) is 22.4 Å². The number of hydrogen-bond acceptors (Lipinski definition) is 4. The standard InChI is InChI=1S/C20H22FN3O4S/c1-23(18-9-3-2-8-17(18)21)29(27,28)16-7-4-6-15(14-16)20(26)22-11-13-24-12-5-10-19(24)25/h2-4,6-9,14H,5,10-13H2,1H3,(H,22,26). The van der Waals surface area contributed by atoms with Crippen LogP contribution >= 0.6 is 0 Å². The predicted octanol–water partition coefficient (Wildman–Crippen LogP) is 2.00. The normalized spacial score (nSPS) is 14.1. The Balaban J connectivity index is 1.71. The van der Waals surface area contributed by atoms with Crippen molar-refractivity contribution in [2.24, 2.45) is 0 Å². The Kier molecular flexibility index (Phi) is 6.17. The second kappa shape index (κ2) is 8.60. The van der Waals surface area contributed by atoms with Gasteiger partial charge in [0.1, 0.15) is 5.82 Å². The van der Waals surface area contributed by atoms with Crippen molar-refractivity contribution in [3.8, 4) is 0 Å². The van der Waals surface area contributed by atoms with Crippen LogP contribution in [0.5, 0.6) is 0 Å². The van der Waals surface area contributed by atoms with Gasteiger partial charge >= 0.3 is 0 Å². The van der Waals surface area contributed by atoms with Crippen LogP contribution in [0.4, 0.5) is 10.1 Å². The van der Waals surface area contributed by atoms with Crippen LogP contribution in [0.1, 0.15) is 23.2 Å². The van der Waals surface area contributed by atoms with Gasteiger partial charge < -0.3 is 10.2 Å². The van der Waals surface area contributed by atoms with E-state index in [4.69, 9.17) is 0 Å². The van der Waals surface area contributed by atoms with Crippen LogP contribution in [0.25, 0.3) is 0 Å². The van der Waals surface area contributed by atoms with E-state index in [0.717, 1.165) is 10.7 Å². The van der Waals surface area contributed by atoms with Crippen LogP contribution in [-0.4, -0.2) is 51.8 Å². The molecule has 1 saturated heterocycles. The number of anilines is 1. The number of carbonyl (C=O) groups excluding carboxylic acids is 2. The Labute approximate surface area is 169 Å². The molecular weight excluding hydrogens is 397 g/mol. The molecule has 0 aromatic heterocycles. The van der Waals surface area contributed by atoms with Crippen LogP contribution in [0.15, 0.2) is 53.4 Å². The average Bonchev–Trinajstić information content (AvgIpc) is 3.12. The summed E-state index contributed by atoms with van der Waals surface area (Å²) in [5.41, 5.74) is 0.0818. The van der Waals surface area contributed by atoms with E-state index in [1.807, 2.05) is 0 Å². The SMILES string of the molecule is CN(c1ccccc1F)S(=O)(=O)c1cccc(C(=O)NCCN2CCCC2=O)c1. The number of hydrogen-bond donors (Lipinski definition) is 1. The Bertz CT molecular complexity index is 1030. The number of nitrogens with zero attached hydrogens (tertiary/aromatic N) is 2. The lowest BCUT2D eigenvalue weighted by Gasteiger charge is -2.20. The van der Waals surface area contributed by atoms with E-state index in [0.29, 0.717) is 19.5 Å². The third kappa shape index (κ3) is 4.56. The van der Waals surface area contributed by atoms with E-state index >= 15 is 0 Å². The van der Waals surface area contributed by atoms with E-state index in [-0.39, 0.29) is 28.6 Å². The molecule has 2 aromatic rings. The van der Waals surface area contributed by atoms with E-state index in [1.165, 1.54) is 49.5 Å². The maximum Gasteiger partial charge on any atom is 0.264 e. The van der Waals surface area contributed by atoms with Gasteiger partial charge in [-0.05, 0) is 36.8 Å². The van der Waals surface area contributed by atoms with E-state index < -0.39 is 21.7 Å². The summed E-state index contributed by atoms with van der Waals surface area (Å²) in [4.78, 5) is 25.6. The summed E-state index contributed by atoms with van der Waals surface area (Å²) in [5, 5.41) is 2.69. The molecule has 1 aliphatic heterocycles. The van der Waals surface area contributed by atoms with Crippen molar-refractivity contribution in [1.82, 2.24) is 10.2 Å². The second-order valence-corrected chi connectivity index (χ2v) is 8.66. The van der Waals surface area contributed by atoms with Crippen LogP contribution < -0.4 is 9.62 Å². The zero-order chi connectivity index (χ0) is 21.0. The fourth-order valence-corrected chi connectivity index (χ4v) is 4.39. The number of halogens is 1. The molecule has 1 fully saturated rings. The summed E-state index contributed by atoms with van der Waals surface area (Å²) < 4.78 is 40.6. The minimum atomic E-state index is -4.05. The van der Waals surface area contributed by atoms with Crippen molar-refractivity contribution in [3.63, 3.8) is 0 Å². The fourth-order valence-electron chi connectivity index (χ4n) is 3.14. The first kappa shape index (κ1) is 20.8. The Hall–Kier alpha value is -2.94. The highest BCUT2D eigenvalue weighted by molar-refractivity contribution is 7.92. The molecule has 0 unspecified atom stereocenters. The number of benzene rings is 2. The molecule has 0 radical (unpaired) electrons. The molecule has 29 heavy (non-hydrogen) atoms. The van der Waals surface area contributed by atoms with Gasteiger partial charge in [-0.3, -0.25) is 13.9 Å². The Morgan fingerprint density at radius 2 is 1.97 bits per heavy atom. The molecule has 7 nitrogen and oxygen atoms in total. The molecule has 9 heteroatoms. The van der Waals surface area contributed by atoms with Gasteiger partial charge in [0.15, 0.2) is 0 Å². The average molecular weight is 419 g/mol. The van der Waals surface area contributed by atoms with Gasteiger partial charge in [0, 0.05) is 38.7 Å². The van der Waals surface area contributed by atoms with E-state index in [1.54, 1.807) is 11.0 Å². The molecule has 1 aliphatic rings. The number of likely N-dealkylation sites (tertiary alicyclic amines) is 1. The monoisotopic (exact) mass is 419 g/mol. The lowest BCUT2D eigenvalue weighted by molar-refractivity contribution is -0.127. The third-order valence-corrected chi connectivity index (χ3v) is 6.55. The van der Waals surface area contributed by atoms with Crippen molar-refractivity contribution in [2.45, 2.75) is 17.7 Å². The minimum Gasteiger partial charge on any atom is -0.350 e. The maximum absolute atomic E-state index is 14.0. The molecule has 1 N–H and O–H groups in total. The summed E-state index contributed by atoms with van der Waals surface area (Å²) in [6, 6.07) is 11.1. The molecule has 0 aliphatic carbocycles. The highest BCUT2D eigenvalue weighted by Crippen LogP contribution is 2.25. The van der Waals surface area contributed by atoms with Gasteiger partial charge in [0.2, 0.25) is 5.91 Å². The lowest BCUT2D eigenvalue weighted by atomic mass is 10.2. The summed E-state index contributed by atoms with van der Waals surface area (Å²) in [6.45, 7) is 1.38. The van der Waals surface area contributed by atoms with Crippen LogP contribution in [0.3, 0.4) is 0 Å². The number of nitrogens with one attached hydrogen (secondary N) is 1. The highest BCUT2D eigenvalue weighted by atomic mass is 32.2. The minimum absolute atomic E-state index is 0.0727. The topological polar surface area (TPSA) is 86.8 Å². The molecule has 3 rings (SSSR count). The van der Waals surface area contributed by atoms with Gasteiger partial charge in [-0.1, -0.05) is 18.2 Å². The van der Waals surface area contributed by atoms with Crippen LogP contribution in [-0.2, 0) is 14.8 Å². The first-order chi connectivity index (χ1) is 13.8. The van der Waals surface area contributed by atoms with Gasteiger partial charge in [-0.25, -0.2) is 12.8 Å². The zero-order valence-corrected chi connectivity index (χ0v) is 16.8. The molecule has 2 aromatic carbocycles. The van der Waals surface area contributed by atoms with Crippen molar-refractivity contribution in [2.75, 3.05) is 31.0 Å². The summed E-state index contributed by atoms with van der Waals surface area (Å²) in [7, 11) is -2.79. The quantitative estimate of drug-likeness (QED) is 0.744. The first-order valence-electron chi connectivity index (χ1n) is 9.20. The maximum atomic E-state index is 14.0. The van der Waals surface area contributed by atoms with Gasteiger partial charge in [-0.2, -0.15) is 0 Å². The molecule has 2 amide bonds. The molecule has 0 spiro atoms. The Morgan fingerprint density at radius 3 is 2.66 bits per heavy atom. The number of para-hydroxylation sites is 1. The highest BCUT2D eigenvalue weighted by Gasteiger charge is 2.24. The second-order valence-electron chi connectivity index (χ2n) is 6.69. The summed E-state index contributed by atoms with van der Waals surface area (Å²) in [6.07, 6.45) is 1.35. The van der Waals surface area contributed by atoms with Crippen molar-refractivity contribution >= 4 is 27.5 Å². The molecule has 0 bridgehead atoms. The number of amides is 2. The number of carbonyl (C=O) groups is 2.